The molecule has 0 unspecified atom stereocenters. The second kappa shape index (κ2) is 6.59. The van der Waals surface area contributed by atoms with Crippen LogP contribution in [0.25, 0.3) is 0 Å². The van der Waals surface area contributed by atoms with Crippen LogP contribution < -0.4 is 15.1 Å². The van der Waals surface area contributed by atoms with Crippen LogP contribution in [-0.2, 0) is 4.79 Å². The first-order valence-corrected chi connectivity index (χ1v) is 8.22. The third-order valence-corrected chi connectivity index (χ3v) is 4.69. The van der Waals surface area contributed by atoms with Gasteiger partial charge in [-0.25, -0.2) is 0 Å². The molecule has 4 nitrogen and oxygen atoms in total. The minimum absolute atomic E-state index is 0.0954. The van der Waals surface area contributed by atoms with Crippen LogP contribution in [0.2, 0.25) is 0 Å². The van der Waals surface area contributed by atoms with Gasteiger partial charge in [-0.1, -0.05) is 19.1 Å². The van der Waals surface area contributed by atoms with Crippen LogP contribution in [0.15, 0.2) is 24.3 Å². The first-order valence-electron chi connectivity index (χ1n) is 8.22. The molecule has 0 saturated heterocycles. The molecule has 0 spiro atoms. The lowest BCUT2D eigenvalue weighted by Crippen LogP contribution is -2.49. The third-order valence-electron chi connectivity index (χ3n) is 4.69. The van der Waals surface area contributed by atoms with Gasteiger partial charge >= 0.3 is 0 Å². The zero-order valence-electron chi connectivity index (χ0n) is 14.5. The number of anilines is 2. The SMILES string of the molecule is CCC(C)(C)NC(=O)CN1c2ccccc2N(C)CC[C@H]1C. The maximum absolute atomic E-state index is 12.5. The topological polar surface area (TPSA) is 35.6 Å². The molecular weight excluding hydrogens is 274 g/mol. The van der Waals surface area contributed by atoms with Crippen molar-refractivity contribution < 1.29 is 4.79 Å². The van der Waals surface area contributed by atoms with Crippen molar-refractivity contribution in [3.05, 3.63) is 24.3 Å². The molecule has 1 aromatic carbocycles. The predicted molar refractivity (Wildman–Crippen MR) is 93.6 cm³/mol. The molecule has 1 N–H and O–H groups in total. The molecule has 22 heavy (non-hydrogen) atoms. The van der Waals surface area contributed by atoms with Crippen LogP contribution in [0.3, 0.4) is 0 Å². The summed E-state index contributed by atoms with van der Waals surface area (Å²) in [5.41, 5.74) is 2.21. The molecule has 0 radical (unpaired) electrons. The lowest BCUT2D eigenvalue weighted by atomic mass is 10.0. The van der Waals surface area contributed by atoms with E-state index in [9.17, 15) is 4.79 Å². The van der Waals surface area contributed by atoms with E-state index in [4.69, 9.17) is 0 Å². The highest BCUT2D eigenvalue weighted by molar-refractivity contribution is 5.84. The maximum Gasteiger partial charge on any atom is 0.239 e. The fourth-order valence-electron chi connectivity index (χ4n) is 2.83. The van der Waals surface area contributed by atoms with E-state index in [0.29, 0.717) is 12.6 Å². The molecular formula is C18H29N3O. The predicted octanol–water partition coefficient (Wildman–Crippen LogP) is 3.03. The number of amides is 1. The zero-order valence-corrected chi connectivity index (χ0v) is 14.5. The number of benzene rings is 1. The van der Waals surface area contributed by atoms with Gasteiger partial charge in [-0.15, -0.1) is 0 Å². The van der Waals surface area contributed by atoms with E-state index in [1.54, 1.807) is 0 Å². The van der Waals surface area contributed by atoms with E-state index in [0.717, 1.165) is 25.1 Å². The van der Waals surface area contributed by atoms with E-state index < -0.39 is 0 Å². The number of carbonyl (C=O) groups excluding carboxylic acids is 1. The van der Waals surface area contributed by atoms with Gasteiger partial charge in [-0.05, 0) is 45.7 Å². The van der Waals surface area contributed by atoms with Crippen molar-refractivity contribution in [2.75, 3.05) is 29.9 Å². The Morgan fingerprint density at radius 3 is 2.59 bits per heavy atom. The zero-order chi connectivity index (χ0) is 16.3. The highest BCUT2D eigenvalue weighted by atomic mass is 16.2. The molecule has 1 amide bonds. The summed E-state index contributed by atoms with van der Waals surface area (Å²) in [6, 6.07) is 8.71. The van der Waals surface area contributed by atoms with Crippen LogP contribution in [0.5, 0.6) is 0 Å². The average Bonchev–Trinajstić information content (AvgIpc) is 2.59. The Morgan fingerprint density at radius 2 is 1.95 bits per heavy atom. The maximum atomic E-state index is 12.5. The van der Waals surface area contributed by atoms with Crippen molar-refractivity contribution in [3.8, 4) is 0 Å². The summed E-state index contributed by atoms with van der Waals surface area (Å²) in [5.74, 6) is 0.0954. The van der Waals surface area contributed by atoms with Gasteiger partial charge in [0.15, 0.2) is 0 Å². The van der Waals surface area contributed by atoms with Crippen molar-refractivity contribution in [2.45, 2.75) is 52.1 Å². The lowest BCUT2D eigenvalue weighted by molar-refractivity contribution is -0.121. The third kappa shape index (κ3) is 3.73. The number of hydrogen-bond donors (Lipinski definition) is 1. The summed E-state index contributed by atoms with van der Waals surface area (Å²) in [5, 5.41) is 3.14. The largest absolute Gasteiger partial charge is 0.373 e. The van der Waals surface area contributed by atoms with Crippen molar-refractivity contribution in [2.24, 2.45) is 0 Å². The fourth-order valence-corrected chi connectivity index (χ4v) is 2.83. The van der Waals surface area contributed by atoms with Gasteiger partial charge in [0.1, 0.15) is 0 Å². The number of nitrogens with zero attached hydrogens (tertiary/aromatic N) is 2. The number of rotatable bonds is 4. The molecule has 0 aliphatic carbocycles. The molecule has 4 heteroatoms. The van der Waals surface area contributed by atoms with Gasteiger partial charge in [0.2, 0.25) is 5.91 Å². The number of carbonyl (C=O) groups is 1. The summed E-state index contributed by atoms with van der Waals surface area (Å²) < 4.78 is 0. The van der Waals surface area contributed by atoms with E-state index in [1.165, 1.54) is 5.69 Å². The second-order valence-electron chi connectivity index (χ2n) is 6.96. The first kappa shape index (κ1) is 16.7. The summed E-state index contributed by atoms with van der Waals surface area (Å²) in [7, 11) is 2.12. The van der Waals surface area contributed by atoms with E-state index >= 15 is 0 Å². The molecule has 1 aliphatic rings. The Bertz CT molecular complexity index is 527. The molecule has 1 aromatic rings. The van der Waals surface area contributed by atoms with Gasteiger partial charge in [-0.2, -0.15) is 0 Å². The highest BCUT2D eigenvalue weighted by Gasteiger charge is 2.26. The molecule has 1 aliphatic heterocycles. The standard InChI is InChI=1S/C18H29N3O/c1-6-18(3,4)19-17(22)13-21-14(2)11-12-20(5)15-9-7-8-10-16(15)21/h7-10,14H,6,11-13H2,1-5H3,(H,19,22)/t14-/m1/s1. The molecule has 0 saturated carbocycles. The highest BCUT2D eigenvalue weighted by Crippen LogP contribution is 2.33. The number of para-hydroxylation sites is 2. The van der Waals surface area contributed by atoms with Crippen LogP contribution in [0.1, 0.15) is 40.5 Å². The molecule has 122 valence electrons. The van der Waals surface area contributed by atoms with Crippen LogP contribution >= 0.6 is 0 Å². The molecule has 0 fully saturated rings. The van der Waals surface area contributed by atoms with E-state index in [1.807, 2.05) is 6.07 Å². The summed E-state index contributed by atoms with van der Waals surface area (Å²) in [6.07, 6.45) is 1.98. The monoisotopic (exact) mass is 303 g/mol. The quantitative estimate of drug-likeness (QED) is 0.928. The molecule has 1 heterocycles. The normalized spacial score (nSPS) is 18.7. The molecule has 1 atom stereocenters. The summed E-state index contributed by atoms with van der Waals surface area (Å²) >= 11 is 0. The van der Waals surface area contributed by atoms with Gasteiger partial charge in [0, 0.05) is 25.2 Å². The van der Waals surface area contributed by atoms with Gasteiger partial charge in [-0.3, -0.25) is 4.79 Å². The molecule has 0 aromatic heterocycles. The number of fused-ring (bicyclic) bond motifs is 1. The van der Waals surface area contributed by atoms with Gasteiger partial charge in [0.05, 0.1) is 17.9 Å². The van der Waals surface area contributed by atoms with Crippen molar-refractivity contribution in [1.82, 2.24) is 5.32 Å². The number of nitrogens with one attached hydrogen (secondary N) is 1. The summed E-state index contributed by atoms with van der Waals surface area (Å²) in [4.78, 5) is 17.0. The van der Waals surface area contributed by atoms with Gasteiger partial charge in [0.25, 0.3) is 0 Å². The number of hydrogen-bond acceptors (Lipinski definition) is 3. The minimum Gasteiger partial charge on any atom is -0.373 e. The Morgan fingerprint density at radius 1 is 1.32 bits per heavy atom. The molecule has 2 rings (SSSR count). The Hall–Kier alpha value is -1.71. The van der Waals surface area contributed by atoms with Crippen molar-refractivity contribution >= 4 is 17.3 Å². The smallest absolute Gasteiger partial charge is 0.239 e. The van der Waals surface area contributed by atoms with Crippen molar-refractivity contribution in [3.63, 3.8) is 0 Å². The lowest BCUT2D eigenvalue weighted by Gasteiger charge is -2.32. The van der Waals surface area contributed by atoms with Crippen LogP contribution in [0, 0.1) is 0 Å². The minimum atomic E-state index is -0.150. The van der Waals surface area contributed by atoms with Crippen LogP contribution in [-0.4, -0.2) is 37.6 Å². The average molecular weight is 303 g/mol. The Kier molecular flexibility index (Phi) is 4.99. The Balaban J connectivity index is 2.21. The summed E-state index contributed by atoms with van der Waals surface area (Å²) in [6.45, 7) is 9.86. The van der Waals surface area contributed by atoms with Gasteiger partial charge < -0.3 is 15.1 Å². The second-order valence-corrected chi connectivity index (χ2v) is 6.96. The van der Waals surface area contributed by atoms with Crippen LogP contribution in [0.4, 0.5) is 11.4 Å². The van der Waals surface area contributed by atoms with E-state index in [-0.39, 0.29) is 11.4 Å². The fraction of sp³-hybridized carbons (Fsp3) is 0.611. The van der Waals surface area contributed by atoms with E-state index in [2.05, 4.69) is 68.1 Å². The van der Waals surface area contributed by atoms with Crippen molar-refractivity contribution in [1.29, 1.82) is 0 Å². The molecule has 0 bridgehead atoms. The Labute approximate surface area is 134 Å². The first-order chi connectivity index (χ1) is 10.3.